The van der Waals surface area contributed by atoms with Crippen molar-refractivity contribution in [1.82, 2.24) is 15.3 Å². The maximum atomic E-state index is 13.1. The highest BCUT2D eigenvalue weighted by molar-refractivity contribution is 7.98. The number of aromatic nitrogens is 2. The Balaban J connectivity index is 1.41. The number of rotatable bonds is 11. The first-order valence-corrected chi connectivity index (χ1v) is 13.8. The van der Waals surface area contributed by atoms with Crippen molar-refractivity contribution in [2.24, 2.45) is 0 Å². The molecule has 1 amide bonds. The summed E-state index contributed by atoms with van der Waals surface area (Å²) in [7, 11) is 0. The number of thioether (sulfide) groups is 1. The molecule has 0 aliphatic heterocycles. The monoisotopic (exact) mass is 530 g/mol. The van der Waals surface area contributed by atoms with Gasteiger partial charge in [-0.3, -0.25) is 4.79 Å². The van der Waals surface area contributed by atoms with Gasteiger partial charge in [-0.1, -0.05) is 96.2 Å². The van der Waals surface area contributed by atoms with Gasteiger partial charge in [-0.05, 0) is 49.1 Å². The van der Waals surface area contributed by atoms with Crippen LogP contribution >= 0.6 is 23.4 Å². The van der Waals surface area contributed by atoms with Crippen LogP contribution in [-0.4, -0.2) is 29.0 Å². The fourth-order valence-corrected chi connectivity index (χ4v) is 5.13. The molecule has 1 heterocycles. The molecule has 0 aliphatic rings. The summed E-state index contributed by atoms with van der Waals surface area (Å²) in [5, 5.41) is 4.31. The highest BCUT2D eigenvalue weighted by atomic mass is 35.5. The van der Waals surface area contributed by atoms with Crippen LogP contribution in [0.2, 0.25) is 5.15 Å². The zero-order valence-corrected chi connectivity index (χ0v) is 22.7. The number of nitrogens with one attached hydrogen (secondary N) is 1. The van der Waals surface area contributed by atoms with E-state index in [1.54, 1.807) is 6.07 Å². The molecule has 5 nitrogen and oxygen atoms in total. The van der Waals surface area contributed by atoms with Gasteiger partial charge in [-0.25, -0.2) is 9.97 Å². The Morgan fingerprint density at radius 1 is 0.892 bits per heavy atom. The molecule has 0 bridgehead atoms. The van der Waals surface area contributed by atoms with E-state index in [-0.39, 0.29) is 11.9 Å². The topological polar surface area (TPSA) is 58.1 Å². The average Bonchev–Trinajstić information content (AvgIpc) is 2.93. The van der Waals surface area contributed by atoms with Crippen molar-refractivity contribution in [3.63, 3.8) is 0 Å². The van der Waals surface area contributed by atoms with E-state index in [9.17, 15) is 4.79 Å². The van der Waals surface area contributed by atoms with Crippen molar-refractivity contribution >= 4 is 35.1 Å². The fraction of sp³-hybridized carbons (Fsp3) is 0.233. The Morgan fingerprint density at radius 3 is 2.19 bits per heavy atom. The number of carbonyl (C=O) groups is 1. The van der Waals surface area contributed by atoms with Gasteiger partial charge < -0.3 is 10.2 Å². The van der Waals surface area contributed by atoms with Gasteiger partial charge in [-0.15, -0.1) is 0 Å². The van der Waals surface area contributed by atoms with E-state index < -0.39 is 0 Å². The van der Waals surface area contributed by atoms with Gasteiger partial charge in [0.25, 0.3) is 5.91 Å². The predicted molar refractivity (Wildman–Crippen MR) is 153 cm³/mol. The largest absolute Gasteiger partial charge is 0.357 e. The number of carbonyl (C=O) groups excluding carboxylic acids is 1. The maximum absolute atomic E-state index is 13.1. The van der Waals surface area contributed by atoms with Crippen molar-refractivity contribution in [2.75, 3.05) is 18.0 Å². The Kier molecular flexibility index (Phi) is 9.58. The molecular formula is C30H31ClN4OS. The van der Waals surface area contributed by atoms with Crippen LogP contribution in [0.1, 0.15) is 46.9 Å². The summed E-state index contributed by atoms with van der Waals surface area (Å²) in [6.45, 7) is 5.89. The molecule has 1 aromatic heterocycles. The molecule has 1 unspecified atom stereocenters. The number of hydrogen-bond acceptors (Lipinski definition) is 5. The molecule has 0 aliphatic carbocycles. The molecule has 3 aromatic carbocycles. The predicted octanol–water partition coefficient (Wildman–Crippen LogP) is 6.98. The number of halogens is 1. The van der Waals surface area contributed by atoms with Gasteiger partial charge in [0.05, 0.1) is 6.04 Å². The van der Waals surface area contributed by atoms with Crippen molar-refractivity contribution in [1.29, 1.82) is 0 Å². The Bertz CT molecular complexity index is 1280. The molecule has 1 atom stereocenters. The lowest BCUT2D eigenvalue weighted by molar-refractivity contribution is 0.0936. The standard InChI is InChI=1S/C30H31ClN4OS/c1-3-35(4-2)28-20-27(31)33-30(34-28)37-21-23-15-17-25(18-16-23)29(36)32-26(24-13-9-6-10-14-24)19-22-11-7-5-8-12-22/h5-18,20,26H,3-4,19,21H2,1-2H3,(H,32,36). The normalized spacial score (nSPS) is 11.6. The van der Waals surface area contributed by atoms with Crippen LogP contribution in [0.5, 0.6) is 0 Å². The second-order valence-electron chi connectivity index (χ2n) is 8.62. The van der Waals surface area contributed by atoms with Crippen LogP contribution in [0, 0.1) is 0 Å². The van der Waals surface area contributed by atoms with E-state index >= 15 is 0 Å². The lowest BCUT2D eigenvalue weighted by Gasteiger charge is -2.20. The van der Waals surface area contributed by atoms with Gasteiger partial charge >= 0.3 is 0 Å². The molecule has 4 aromatic rings. The minimum atomic E-state index is -0.119. The fourth-order valence-electron chi connectivity index (χ4n) is 4.09. The zero-order chi connectivity index (χ0) is 26.0. The van der Waals surface area contributed by atoms with Gasteiger partial charge in [-0.2, -0.15) is 0 Å². The molecule has 4 rings (SSSR count). The molecule has 7 heteroatoms. The highest BCUT2D eigenvalue weighted by Gasteiger charge is 2.17. The van der Waals surface area contributed by atoms with E-state index in [2.05, 4.69) is 58.3 Å². The van der Waals surface area contributed by atoms with Crippen molar-refractivity contribution < 1.29 is 4.79 Å². The van der Waals surface area contributed by atoms with E-state index in [0.29, 0.717) is 21.6 Å². The minimum absolute atomic E-state index is 0.0916. The van der Waals surface area contributed by atoms with Gasteiger partial charge in [0.2, 0.25) is 0 Å². The summed E-state index contributed by atoms with van der Waals surface area (Å²) < 4.78 is 0. The Morgan fingerprint density at radius 2 is 1.54 bits per heavy atom. The molecular weight excluding hydrogens is 500 g/mol. The Labute approximate surface area is 228 Å². The van der Waals surface area contributed by atoms with Gasteiger partial charge in [0, 0.05) is 30.5 Å². The molecule has 0 saturated heterocycles. The van der Waals surface area contributed by atoms with E-state index in [0.717, 1.165) is 36.5 Å². The van der Waals surface area contributed by atoms with E-state index in [1.807, 2.05) is 60.7 Å². The van der Waals surface area contributed by atoms with Crippen molar-refractivity contribution in [3.05, 3.63) is 118 Å². The molecule has 0 spiro atoms. The summed E-state index contributed by atoms with van der Waals surface area (Å²) in [6.07, 6.45) is 0.723. The van der Waals surface area contributed by atoms with Crippen LogP contribution in [0.4, 0.5) is 5.82 Å². The second kappa shape index (κ2) is 13.3. The summed E-state index contributed by atoms with van der Waals surface area (Å²) in [5.74, 6) is 1.43. The number of nitrogens with zero attached hydrogens (tertiary/aromatic N) is 3. The molecule has 0 saturated carbocycles. The molecule has 0 radical (unpaired) electrons. The third-order valence-electron chi connectivity index (χ3n) is 6.12. The molecule has 190 valence electrons. The van der Waals surface area contributed by atoms with Crippen molar-refractivity contribution in [3.8, 4) is 0 Å². The van der Waals surface area contributed by atoms with Gasteiger partial charge in [0.1, 0.15) is 11.0 Å². The van der Waals surface area contributed by atoms with Crippen LogP contribution in [0.25, 0.3) is 0 Å². The average molecular weight is 531 g/mol. The number of anilines is 1. The van der Waals surface area contributed by atoms with Crippen LogP contribution in [0.3, 0.4) is 0 Å². The summed E-state index contributed by atoms with van der Waals surface area (Å²) in [6, 6.07) is 29.7. The summed E-state index contributed by atoms with van der Waals surface area (Å²) >= 11 is 7.78. The lowest BCUT2D eigenvalue weighted by Crippen LogP contribution is -2.30. The number of hydrogen-bond donors (Lipinski definition) is 1. The lowest BCUT2D eigenvalue weighted by atomic mass is 9.98. The SMILES string of the molecule is CCN(CC)c1cc(Cl)nc(SCc2ccc(C(=O)NC(Cc3ccccc3)c3ccccc3)cc2)n1. The first kappa shape index (κ1) is 26.7. The van der Waals surface area contributed by atoms with Crippen LogP contribution in [0.15, 0.2) is 96.2 Å². The first-order valence-electron chi connectivity index (χ1n) is 12.5. The smallest absolute Gasteiger partial charge is 0.251 e. The minimum Gasteiger partial charge on any atom is -0.357 e. The maximum Gasteiger partial charge on any atom is 0.251 e. The summed E-state index contributed by atoms with van der Waals surface area (Å²) in [5.41, 5.74) is 3.97. The van der Waals surface area contributed by atoms with Gasteiger partial charge in [0.15, 0.2) is 5.16 Å². The molecule has 1 N–H and O–H groups in total. The Hall–Kier alpha value is -3.35. The zero-order valence-electron chi connectivity index (χ0n) is 21.1. The molecule has 0 fully saturated rings. The third-order valence-corrected chi connectivity index (χ3v) is 7.23. The second-order valence-corrected chi connectivity index (χ2v) is 9.95. The van der Waals surface area contributed by atoms with E-state index in [1.165, 1.54) is 17.3 Å². The third kappa shape index (κ3) is 7.57. The molecule has 37 heavy (non-hydrogen) atoms. The first-order chi connectivity index (χ1) is 18.1. The highest BCUT2D eigenvalue weighted by Crippen LogP contribution is 2.25. The summed E-state index contributed by atoms with van der Waals surface area (Å²) in [4.78, 5) is 24.3. The van der Waals surface area contributed by atoms with Crippen molar-refractivity contribution in [2.45, 2.75) is 37.2 Å². The van der Waals surface area contributed by atoms with Crippen LogP contribution < -0.4 is 10.2 Å². The van der Waals surface area contributed by atoms with E-state index in [4.69, 9.17) is 11.6 Å². The van der Waals surface area contributed by atoms with Crippen LogP contribution in [-0.2, 0) is 12.2 Å². The number of amides is 1. The quantitative estimate of drug-likeness (QED) is 0.129. The number of benzene rings is 3.